The van der Waals surface area contributed by atoms with E-state index in [2.05, 4.69) is 4.72 Å². The van der Waals surface area contributed by atoms with Crippen LogP contribution < -0.4 is 10.5 Å². The van der Waals surface area contributed by atoms with Crippen molar-refractivity contribution in [3.63, 3.8) is 0 Å². The molecule has 0 aromatic carbocycles. The fourth-order valence-electron chi connectivity index (χ4n) is 0.731. The van der Waals surface area contributed by atoms with Gasteiger partial charge in [-0.25, -0.2) is 13.1 Å². The normalized spacial score (nSPS) is 15.4. The van der Waals surface area contributed by atoms with E-state index in [1.165, 1.54) is 0 Å². The van der Waals surface area contributed by atoms with Gasteiger partial charge in [-0.15, -0.1) is 0 Å². The molecular formula is C6H16N2O2S. The molecule has 0 aromatic rings. The van der Waals surface area contributed by atoms with Crippen LogP contribution in [0, 0.1) is 5.92 Å². The summed E-state index contributed by atoms with van der Waals surface area (Å²) in [5.41, 5.74) is 5.35. The van der Waals surface area contributed by atoms with Crippen molar-refractivity contribution in [3.05, 3.63) is 0 Å². The van der Waals surface area contributed by atoms with Crippen molar-refractivity contribution in [2.24, 2.45) is 11.7 Å². The molecule has 0 rings (SSSR count). The summed E-state index contributed by atoms with van der Waals surface area (Å²) in [6.07, 6.45) is 1.14. The van der Waals surface area contributed by atoms with Gasteiger partial charge in [0.2, 0.25) is 10.0 Å². The first-order valence-corrected chi connectivity index (χ1v) is 5.43. The zero-order chi connectivity index (χ0) is 9.07. The number of sulfonamides is 1. The lowest BCUT2D eigenvalue weighted by atomic mass is 10.1. The molecule has 0 aliphatic heterocycles. The molecular weight excluding hydrogens is 164 g/mol. The van der Waals surface area contributed by atoms with Crippen LogP contribution in [0.4, 0.5) is 0 Å². The van der Waals surface area contributed by atoms with Gasteiger partial charge in [-0.2, -0.15) is 0 Å². The van der Waals surface area contributed by atoms with Gasteiger partial charge in [0.25, 0.3) is 0 Å². The molecule has 0 fully saturated rings. The number of hydrogen-bond donors (Lipinski definition) is 2. The van der Waals surface area contributed by atoms with Gasteiger partial charge in [-0.3, -0.25) is 0 Å². The Hall–Kier alpha value is -0.130. The van der Waals surface area contributed by atoms with E-state index in [0.29, 0.717) is 6.54 Å². The summed E-state index contributed by atoms with van der Waals surface area (Å²) in [4.78, 5) is 0. The second-order valence-corrected chi connectivity index (χ2v) is 4.76. The van der Waals surface area contributed by atoms with Crippen molar-refractivity contribution in [1.82, 2.24) is 4.72 Å². The van der Waals surface area contributed by atoms with Gasteiger partial charge in [0, 0.05) is 12.6 Å². The van der Waals surface area contributed by atoms with Crippen LogP contribution in [0.15, 0.2) is 0 Å². The zero-order valence-electron chi connectivity index (χ0n) is 7.16. The summed E-state index contributed by atoms with van der Waals surface area (Å²) < 4.78 is 23.9. The summed E-state index contributed by atoms with van der Waals surface area (Å²) in [7, 11) is -3.11. The lowest BCUT2D eigenvalue weighted by Gasteiger charge is -2.18. The maximum Gasteiger partial charge on any atom is 0.209 e. The van der Waals surface area contributed by atoms with E-state index in [-0.39, 0.29) is 12.0 Å². The Balaban J connectivity index is 4.10. The highest BCUT2D eigenvalue weighted by Gasteiger charge is 2.14. The zero-order valence-corrected chi connectivity index (χ0v) is 7.98. The highest BCUT2D eigenvalue weighted by molar-refractivity contribution is 7.88. The topological polar surface area (TPSA) is 72.2 Å². The van der Waals surface area contributed by atoms with Crippen molar-refractivity contribution in [3.8, 4) is 0 Å². The van der Waals surface area contributed by atoms with Crippen molar-refractivity contribution >= 4 is 10.0 Å². The monoisotopic (exact) mass is 180 g/mol. The summed E-state index contributed by atoms with van der Waals surface area (Å²) in [5, 5.41) is 0. The van der Waals surface area contributed by atoms with Crippen LogP contribution in [0.2, 0.25) is 0 Å². The van der Waals surface area contributed by atoms with Gasteiger partial charge < -0.3 is 5.73 Å². The Labute approximate surface area is 68.2 Å². The average Bonchev–Trinajstić information content (AvgIpc) is 1.80. The fourth-order valence-corrected chi connectivity index (χ4v) is 1.65. The predicted molar refractivity (Wildman–Crippen MR) is 45.7 cm³/mol. The molecule has 0 bridgehead atoms. The molecule has 0 heterocycles. The van der Waals surface area contributed by atoms with E-state index in [1.807, 2.05) is 13.8 Å². The van der Waals surface area contributed by atoms with Gasteiger partial charge in [0.15, 0.2) is 0 Å². The van der Waals surface area contributed by atoms with E-state index < -0.39 is 10.0 Å². The van der Waals surface area contributed by atoms with E-state index >= 15 is 0 Å². The Morgan fingerprint density at radius 3 is 2.00 bits per heavy atom. The second-order valence-electron chi connectivity index (χ2n) is 2.98. The quantitative estimate of drug-likeness (QED) is 0.613. The minimum Gasteiger partial charge on any atom is -0.329 e. The molecule has 5 heteroatoms. The third-order valence-electron chi connectivity index (χ3n) is 1.42. The predicted octanol–water partition coefficient (Wildman–Crippen LogP) is -0.481. The third kappa shape index (κ3) is 5.17. The van der Waals surface area contributed by atoms with Crippen LogP contribution in [0.5, 0.6) is 0 Å². The number of nitrogens with one attached hydrogen (secondary N) is 1. The first-order valence-electron chi connectivity index (χ1n) is 3.54. The van der Waals surface area contributed by atoms with Crippen molar-refractivity contribution in [2.75, 3.05) is 12.8 Å². The lowest BCUT2D eigenvalue weighted by Crippen LogP contribution is -2.43. The Bertz CT molecular complexity index is 199. The third-order valence-corrected chi connectivity index (χ3v) is 2.16. The molecule has 1 unspecified atom stereocenters. The maximum absolute atomic E-state index is 10.7. The summed E-state index contributed by atoms with van der Waals surface area (Å²) in [6.45, 7) is 4.19. The largest absolute Gasteiger partial charge is 0.329 e. The van der Waals surface area contributed by atoms with Crippen LogP contribution in [0.1, 0.15) is 13.8 Å². The molecule has 3 N–H and O–H groups in total. The molecule has 1 atom stereocenters. The Morgan fingerprint density at radius 2 is 1.91 bits per heavy atom. The number of hydrogen-bond acceptors (Lipinski definition) is 3. The first-order chi connectivity index (χ1) is 4.87. The molecule has 0 amide bonds. The van der Waals surface area contributed by atoms with Crippen molar-refractivity contribution in [1.29, 1.82) is 0 Å². The standard InChI is InChI=1S/C6H16N2O2S/c1-5(2)6(4-7)8-11(3,9)10/h5-6,8H,4,7H2,1-3H3. The number of rotatable bonds is 4. The molecule has 11 heavy (non-hydrogen) atoms. The molecule has 0 saturated heterocycles. The van der Waals surface area contributed by atoms with E-state index in [0.717, 1.165) is 6.26 Å². The van der Waals surface area contributed by atoms with Gasteiger partial charge >= 0.3 is 0 Å². The van der Waals surface area contributed by atoms with Crippen molar-refractivity contribution < 1.29 is 8.42 Å². The molecule has 68 valence electrons. The van der Waals surface area contributed by atoms with E-state index in [9.17, 15) is 8.42 Å². The van der Waals surface area contributed by atoms with Crippen LogP contribution in [0.25, 0.3) is 0 Å². The second kappa shape index (κ2) is 4.04. The Morgan fingerprint density at radius 1 is 1.45 bits per heavy atom. The smallest absolute Gasteiger partial charge is 0.209 e. The minimum absolute atomic E-state index is 0.148. The first kappa shape index (κ1) is 10.9. The van der Waals surface area contributed by atoms with Gasteiger partial charge in [0.1, 0.15) is 0 Å². The van der Waals surface area contributed by atoms with Crippen LogP contribution >= 0.6 is 0 Å². The van der Waals surface area contributed by atoms with Crippen LogP contribution in [-0.2, 0) is 10.0 Å². The number of nitrogens with two attached hydrogens (primary N) is 1. The highest BCUT2D eigenvalue weighted by atomic mass is 32.2. The molecule has 4 nitrogen and oxygen atoms in total. The molecule has 0 aliphatic carbocycles. The van der Waals surface area contributed by atoms with Gasteiger partial charge in [-0.1, -0.05) is 13.8 Å². The molecule has 0 saturated carbocycles. The van der Waals surface area contributed by atoms with Crippen LogP contribution in [0.3, 0.4) is 0 Å². The van der Waals surface area contributed by atoms with Crippen LogP contribution in [-0.4, -0.2) is 27.3 Å². The minimum atomic E-state index is -3.11. The van der Waals surface area contributed by atoms with E-state index in [1.54, 1.807) is 0 Å². The van der Waals surface area contributed by atoms with Gasteiger partial charge in [-0.05, 0) is 5.92 Å². The van der Waals surface area contributed by atoms with Gasteiger partial charge in [0.05, 0.1) is 6.26 Å². The molecule has 0 aliphatic rings. The molecule has 0 aromatic heterocycles. The highest BCUT2D eigenvalue weighted by Crippen LogP contribution is 2.00. The summed E-state index contributed by atoms with van der Waals surface area (Å²) in [6, 6.07) is -0.148. The lowest BCUT2D eigenvalue weighted by molar-refractivity contribution is 0.456. The maximum atomic E-state index is 10.7. The molecule has 0 radical (unpaired) electrons. The van der Waals surface area contributed by atoms with Crippen molar-refractivity contribution in [2.45, 2.75) is 19.9 Å². The van der Waals surface area contributed by atoms with E-state index in [4.69, 9.17) is 5.73 Å². The SMILES string of the molecule is CC(C)C(CN)NS(C)(=O)=O. The summed E-state index contributed by atoms with van der Waals surface area (Å²) in [5.74, 6) is 0.231. The average molecular weight is 180 g/mol. The fraction of sp³-hybridized carbons (Fsp3) is 1.00. The summed E-state index contributed by atoms with van der Waals surface area (Å²) >= 11 is 0. The Kier molecular flexibility index (Phi) is 3.99. The molecule has 0 spiro atoms.